The molecule has 0 bridgehead atoms. The van der Waals surface area contributed by atoms with Gasteiger partial charge in [0, 0.05) is 26.2 Å². The van der Waals surface area contributed by atoms with Gasteiger partial charge in [0.05, 0.1) is 11.8 Å². The maximum atomic E-state index is 12.5. The van der Waals surface area contributed by atoms with E-state index in [4.69, 9.17) is 8.83 Å². The van der Waals surface area contributed by atoms with Crippen LogP contribution >= 0.6 is 0 Å². The van der Waals surface area contributed by atoms with Crippen LogP contribution in [0.15, 0.2) is 33.3 Å². The van der Waals surface area contributed by atoms with E-state index in [-0.39, 0.29) is 11.8 Å². The van der Waals surface area contributed by atoms with Crippen LogP contribution in [0.25, 0.3) is 0 Å². The third-order valence-electron chi connectivity index (χ3n) is 3.86. The smallest absolute Gasteiger partial charge is 0.289 e. The highest BCUT2D eigenvalue weighted by Crippen LogP contribution is 2.17. The second-order valence-corrected chi connectivity index (χ2v) is 5.39. The van der Waals surface area contributed by atoms with Gasteiger partial charge in [-0.05, 0) is 32.0 Å². The third-order valence-corrected chi connectivity index (χ3v) is 3.86. The Bertz CT molecular complexity index is 679. The van der Waals surface area contributed by atoms with Crippen molar-refractivity contribution < 1.29 is 18.4 Å². The van der Waals surface area contributed by atoms with Crippen LogP contribution in [0.1, 0.15) is 32.4 Å². The molecule has 0 radical (unpaired) electrons. The van der Waals surface area contributed by atoms with Gasteiger partial charge < -0.3 is 18.6 Å². The van der Waals surface area contributed by atoms with E-state index < -0.39 is 0 Å². The first-order valence-corrected chi connectivity index (χ1v) is 7.25. The zero-order chi connectivity index (χ0) is 15.7. The summed E-state index contributed by atoms with van der Waals surface area (Å²) in [4.78, 5) is 28.1. The topological polar surface area (TPSA) is 66.9 Å². The molecule has 0 aliphatic carbocycles. The average Bonchev–Trinajstić information content (AvgIpc) is 3.15. The lowest BCUT2D eigenvalue weighted by Gasteiger charge is -2.34. The molecule has 6 heteroatoms. The van der Waals surface area contributed by atoms with Gasteiger partial charge in [-0.15, -0.1) is 0 Å². The first kappa shape index (κ1) is 14.4. The molecule has 1 saturated heterocycles. The monoisotopic (exact) mass is 302 g/mol. The van der Waals surface area contributed by atoms with Crippen LogP contribution < -0.4 is 0 Å². The van der Waals surface area contributed by atoms with Gasteiger partial charge in [-0.3, -0.25) is 9.59 Å². The third kappa shape index (κ3) is 2.64. The normalized spacial score (nSPS) is 15.2. The Labute approximate surface area is 128 Å². The molecule has 2 aromatic heterocycles. The number of rotatable bonds is 2. The lowest BCUT2D eigenvalue weighted by molar-refractivity contribution is 0.0517. The number of carbonyl (C=O) groups excluding carboxylic acids is 2. The van der Waals surface area contributed by atoms with Gasteiger partial charge in [0.15, 0.2) is 5.76 Å². The summed E-state index contributed by atoms with van der Waals surface area (Å²) in [6.45, 7) is 5.63. The van der Waals surface area contributed by atoms with Crippen molar-refractivity contribution in [2.45, 2.75) is 13.8 Å². The van der Waals surface area contributed by atoms with Crippen LogP contribution in [0, 0.1) is 13.8 Å². The minimum Gasteiger partial charge on any atom is -0.466 e. The maximum absolute atomic E-state index is 12.5. The van der Waals surface area contributed by atoms with Crippen molar-refractivity contribution in [1.29, 1.82) is 0 Å². The van der Waals surface area contributed by atoms with Crippen molar-refractivity contribution in [3.05, 3.63) is 47.3 Å². The SMILES string of the molecule is Cc1cc(C(=O)N2CCN(C(=O)c3ccco3)CC2)c(C)o1. The van der Waals surface area contributed by atoms with Gasteiger partial charge >= 0.3 is 0 Å². The first-order valence-electron chi connectivity index (χ1n) is 7.25. The van der Waals surface area contributed by atoms with Crippen molar-refractivity contribution in [3.8, 4) is 0 Å². The van der Waals surface area contributed by atoms with Crippen LogP contribution in [0.4, 0.5) is 0 Å². The van der Waals surface area contributed by atoms with Gasteiger partial charge in [0.2, 0.25) is 0 Å². The number of hydrogen-bond acceptors (Lipinski definition) is 4. The molecule has 0 spiro atoms. The average molecular weight is 302 g/mol. The number of hydrogen-bond donors (Lipinski definition) is 0. The number of nitrogens with zero attached hydrogens (tertiary/aromatic N) is 2. The number of piperazine rings is 1. The Balaban J connectivity index is 1.63. The predicted octanol–water partition coefficient (Wildman–Crippen LogP) is 2.09. The quantitative estimate of drug-likeness (QED) is 0.852. The molecular weight excluding hydrogens is 284 g/mol. The molecule has 1 aliphatic heterocycles. The van der Waals surface area contributed by atoms with Crippen molar-refractivity contribution in [2.75, 3.05) is 26.2 Å². The zero-order valence-electron chi connectivity index (χ0n) is 12.7. The molecule has 0 saturated carbocycles. The van der Waals surface area contributed by atoms with E-state index in [2.05, 4.69) is 0 Å². The lowest BCUT2D eigenvalue weighted by atomic mass is 10.2. The van der Waals surface area contributed by atoms with Gasteiger partial charge in [0.25, 0.3) is 11.8 Å². The van der Waals surface area contributed by atoms with Crippen LogP contribution in [-0.4, -0.2) is 47.8 Å². The van der Waals surface area contributed by atoms with E-state index in [0.717, 1.165) is 5.76 Å². The number of amides is 2. The maximum Gasteiger partial charge on any atom is 0.289 e. The Hall–Kier alpha value is -2.50. The Morgan fingerprint density at radius 1 is 1.05 bits per heavy atom. The first-order chi connectivity index (χ1) is 10.6. The van der Waals surface area contributed by atoms with E-state index >= 15 is 0 Å². The van der Waals surface area contributed by atoms with Crippen molar-refractivity contribution in [2.24, 2.45) is 0 Å². The molecule has 3 rings (SSSR count). The highest BCUT2D eigenvalue weighted by molar-refractivity contribution is 5.96. The number of furan rings is 2. The fourth-order valence-electron chi connectivity index (χ4n) is 2.68. The van der Waals surface area contributed by atoms with Gasteiger partial charge in [-0.25, -0.2) is 0 Å². The molecule has 116 valence electrons. The molecule has 1 fully saturated rings. The summed E-state index contributed by atoms with van der Waals surface area (Å²) in [5.74, 6) is 1.53. The summed E-state index contributed by atoms with van der Waals surface area (Å²) in [5.41, 5.74) is 0.600. The Morgan fingerprint density at radius 3 is 2.18 bits per heavy atom. The standard InChI is InChI=1S/C16H18N2O4/c1-11-10-13(12(2)22-11)15(19)17-5-7-18(8-6-17)16(20)14-4-3-9-21-14/h3-4,9-10H,5-8H2,1-2H3. The highest BCUT2D eigenvalue weighted by atomic mass is 16.3. The highest BCUT2D eigenvalue weighted by Gasteiger charge is 2.28. The van der Waals surface area contributed by atoms with Gasteiger partial charge in [0.1, 0.15) is 11.5 Å². The van der Waals surface area contributed by atoms with E-state index in [9.17, 15) is 9.59 Å². The second kappa shape index (κ2) is 5.71. The molecule has 0 N–H and O–H groups in total. The van der Waals surface area contributed by atoms with Crippen LogP contribution in [-0.2, 0) is 0 Å². The van der Waals surface area contributed by atoms with Crippen molar-refractivity contribution in [3.63, 3.8) is 0 Å². The molecule has 0 atom stereocenters. The van der Waals surface area contributed by atoms with Crippen LogP contribution in [0.2, 0.25) is 0 Å². The molecule has 0 aromatic carbocycles. The van der Waals surface area contributed by atoms with E-state index in [0.29, 0.717) is 43.3 Å². The van der Waals surface area contributed by atoms with Crippen molar-refractivity contribution >= 4 is 11.8 Å². The molecular formula is C16H18N2O4. The molecule has 1 aliphatic rings. The largest absolute Gasteiger partial charge is 0.466 e. The molecule has 6 nitrogen and oxygen atoms in total. The fourth-order valence-corrected chi connectivity index (χ4v) is 2.68. The van der Waals surface area contributed by atoms with E-state index in [1.807, 2.05) is 6.92 Å². The van der Waals surface area contributed by atoms with Gasteiger partial charge in [-0.2, -0.15) is 0 Å². The second-order valence-electron chi connectivity index (χ2n) is 5.39. The minimum absolute atomic E-state index is 0.0422. The predicted molar refractivity (Wildman–Crippen MR) is 78.7 cm³/mol. The van der Waals surface area contributed by atoms with Crippen molar-refractivity contribution in [1.82, 2.24) is 9.80 Å². The summed E-state index contributed by atoms with van der Waals surface area (Å²) < 4.78 is 10.5. The molecule has 2 aromatic rings. The van der Waals surface area contributed by atoms with Gasteiger partial charge in [-0.1, -0.05) is 0 Å². The zero-order valence-corrected chi connectivity index (χ0v) is 12.7. The number of aryl methyl sites for hydroxylation is 2. The van der Waals surface area contributed by atoms with Crippen LogP contribution in [0.3, 0.4) is 0 Å². The Morgan fingerprint density at radius 2 is 1.68 bits per heavy atom. The van der Waals surface area contributed by atoms with Crippen LogP contribution in [0.5, 0.6) is 0 Å². The van der Waals surface area contributed by atoms with E-state index in [1.54, 1.807) is 34.9 Å². The summed E-state index contributed by atoms with van der Waals surface area (Å²) in [7, 11) is 0. The summed E-state index contributed by atoms with van der Waals surface area (Å²) >= 11 is 0. The number of carbonyl (C=O) groups is 2. The van der Waals surface area contributed by atoms with E-state index in [1.165, 1.54) is 6.26 Å². The summed E-state index contributed by atoms with van der Waals surface area (Å²) in [6, 6.07) is 5.10. The fraction of sp³-hybridized carbons (Fsp3) is 0.375. The summed E-state index contributed by atoms with van der Waals surface area (Å²) in [5, 5.41) is 0. The molecule has 0 unspecified atom stereocenters. The lowest BCUT2D eigenvalue weighted by Crippen LogP contribution is -2.50. The molecule has 2 amide bonds. The summed E-state index contributed by atoms with van der Waals surface area (Å²) in [6.07, 6.45) is 1.48. The Kier molecular flexibility index (Phi) is 3.75. The minimum atomic E-state index is -0.132. The molecule has 3 heterocycles. The molecule has 22 heavy (non-hydrogen) atoms.